The standard InChI is InChI=1S/C12H16BrNO2S/c1-8-6-10(17-11(8)13)12(16)14-4-2-9(7-15)3-5-14/h6,9,15H,2-5,7H2,1H3. The third-order valence-corrected chi connectivity index (χ3v) is 5.35. The van der Waals surface area contributed by atoms with E-state index in [9.17, 15) is 4.79 Å². The number of hydrogen-bond acceptors (Lipinski definition) is 3. The summed E-state index contributed by atoms with van der Waals surface area (Å²) >= 11 is 4.94. The Morgan fingerprint density at radius 3 is 2.71 bits per heavy atom. The number of carbonyl (C=O) groups excluding carboxylic acids is 1. The maximum Gasteiger partial charge on any atom is 0.263 e. The van der Waals surface area contributed by atoms with Crippen LogP contribution >= 0.6 is 27.3 Å². The molecule has 17 heavy (non-hydrogen) atoms. The van der Waals surface area contributed by atoms with E-state index in [1.165, 1.54) is 11.3 Å². The number of aliphatic hydroxyl groups excluding tert-OH is 1. The Kier molecular flexibility index (Phi) is 4.22. The molecule has 3 nitrogen and oxygen atoms in total. The van der Waals surface area contributed by atoms with Gasteiger partial charge in [-0.3, -0.25) is 4.79 Å². The lowest BCUT2D eigenvalue weighted by molar-refractivity contribution is 0.0655. The van der Waals surface area contributed by atoms with E-state index >= 15 is 0 Å². The van der Waals surface area contributed by atoms with Gasteiger partial charge in [-0.25, -0.2) is 0 Å². The van der Waals surface area contributed by atoms with Crippen LogP contribution in [-0.2, 0) is 0 Å². The van der Waals surface area contributed by atoms with Gasteiger partial charge in [-0.1, -0.05) is 0 Å². The number of nitrogens with zero attached hydrogens (tertiary/aromatic N) is 1. The van der Waals surface area contributed by atoms with Gasteiger partial charge in [-0.15, -0.1) is 11.3 Å². The molecule has 0 aliphatic carbocycles. The molecule has 0 saturated carbocycles. The highest BCUT2D eigenvalue weighted by Gasteiger charge is 2.24. The SMILES string of the molecule is Cc1cc(C(=O)N2CCC(CO)CC2)sc1Br. The van der Waals surface area contributed by atoms with Gasteiger partial charge in [0.1, 0.15) is 0 Å². The van der Waals surface area contributed by atoms with Crippen LogP contribution in [0.3, 0.4) is 0 Å². The fourth-order valence-corrected chi connectivity index (χ4v) is 3.54. The first kappa shape index (κ1) is 13.1. The molecule has 1 aromatic heterocycles. The minimum atomic E-state index is 0.125. The molecular formula is C12H16BrNO2S. The number of amides is 1. The van der Waals surface area contributed by atoms with Crippen LogP contribution in [0, 0.1) is 12.8 Å². The van der Waals surface area contributed by atoms with Crippen LogP contribution in [0.1, 0.15) is 28.1 Å². The first-order valence-corrected chi connectivity index (χ1v) is 7.39. The minimum Gasteiger partial charge on any atom is -0.396 e. The molecule has 1 amide bonds. The van der Waals surface area contributed by atoms with Crippen molar-refractivity contribution in [2.24, 2.45) is 5.92 Å². The first-order chi connectivity index (χ1) is 8.11. The molecule has 0 aromatic carbocycles. The van der Waals surface area contributed by atoms with Crippen LogP contribution in [0.25, 0.3) is 0 Å². The second-order valence-electron chi connectivity index (χ2n) is 4.49. The summed E-state index contributed by atoms with van der Waals surface area (Å²) in [6.07, 6.45) is 1.82. The molecule has 1 aliphatic heterocycles. The number of rotatable bonds is 2. The second kappa shape index (κ2) is 5.50. The number of carbonyl (C=O) groups is 1. The van der Waals surface area contributed by atoms with E-state index in [4.69, 9.17) is 5.11 Å². The molecule has 0 unspecified atom stereocenters. The lowest BCUT2D eigenvalue weighted by Gasteiger charge is -2.30. The molecule has 2 heterocycles. The zero-order valence-electron chi connectivity index (χ0n) is 9.78. The van der Waals surface area contributed by atoms with Crippen LogP contribution in [-0.4, -0.2) is 35.6 Å². The van der Waals surface area contributed by atoms with Crippen molar-refractivity contribution in [1.82, 2.24) is 4.90 Å². The van der Waals surface area contributed by atoms with Gasteiger partial charge in [0.05, 0.1) is 8.66 Å². The van der Waals surface area contributed by atoms with Gasteiger partial charge in [-0.05, 0) is 53.2 Å². The number of aryl methyl sites for hydroxylation is 1. The van der Waals surface area contributed by atoms with E-state index in [2.05, 4.69) is 15.9 Å². The molecule has 0 spiro atoms. The number of thiophene rings is 1. The van der Waals surface area contributed by atoms with Crippen molar-refractivity contribution in [3.05, 3.63) is 20.3 Å². The quantitative estimate of drug-likeness (QED) is 0.911. The van der Waals surface area contributed by atoms with Crippen molar-refractivity contribution in [2.45, 2.75) is 19.8 Å². The molecule has 94 valence electrons. The largest absolute Gasteiger partial charge is 0.396 e. The maximum atomic E-state index is 12.2. The monoisotopic (exact) mass is 317 g/mol. The third kappa shape index (κ3) is 2.89. The normalized spacial score (nSPS) is 17.5. The Bertz CT molecular complexity index is 391. The summed E-state index contributed by atoms with van der Waals surface area (Å²) in [4.78, 5) is 14.9. The fraction of sp³-hybridized carbons (Fsp3) is 0.583. The molecule has 1 fully saturated rings. The third-order valence-electron chi connectivity index (χ3n) is 3.23. The maximum absolute atomic E-state index is 12.2. The van der Waals surface area contributed by atoms with E-state index in [0.717, 1.165) is 40.2 Å². The van der Waals surface area contributed by atoms with Gasteiger partial charge in [0.15, 0.2) is 0 Å². The lowest BCUT2D eigenvalue weighted by atomic mass is 9.98. The molecule has 5 heteroatoms. The zero-order valence-corrected chi connectivity index (χ0v) is 12.2. The topological polar surface area (TPSA) is 40.5 Å². The molecule has 1 aliphatic rings. The Hall–Kier alpha value is -0.390. The molecular weight excluding hydrogens is 302 g/mol. The van der Waals surface area contributed by atoms with Crippen LogP contribution in [0.4, 0.5) is 0 Å². The second-order valence-corrected chi connectivity index (χ2v) is 6.86. The number of halogens is 1. The minimum absolute atomic E-state index is 0.125. The highest BCUT2D eigenvalue weighted by Crippen LogP contribution is 2.29. The molecule has 0 atom stereocenters. The van der Waals surface area contributed by atoms with Gasteiger partial charge < -0.3 is 10.0 Å². The lowest BCUT2D eigenvalue weighted by Crippen LogP contribution is -2.38. The summed E-state index contributed by atoms with van der Waals surface area (Å²) in [5.74, 6) is 0.496. The van der Waals surface area contributed by atoms with Gasteiger partial charge in [0, 0.05) is 19.7 Å². The molecule has 1 N–H and O–H groups in total. The van der Waals surface area contributed by atoms with Crippen LogP contribution in [0.15, 0.2) is 9.85 Å². The van der Waals surface area contributed by atoms with E-state index in [0.29, 0.717) is 5.92 Å². The van der Waals surface area contributed by atoms with E-state index in [-0.39, 0.29) is 12.5 Å². The van der Waals surface area contributed by atoms with E-state index < -0.39 is 0 Å². The average molecular weight is 318 g/mol. The Balaban J connectivity index is 2.01. The number of aliphatic hydroxyl groups is 1. The van der Waals surface area contributed by atoms with Crippen LogP contribution in [0.5, 0.6) is 0 Å². The summed E-state index contributed by atoms with van der Waals surface area (Å²) in [6.45, 7) is 3.76. The Labute approximate surface area is 114 Å². The van der Waals surface area contributed by atoms with E-state index in [1.54, 1.807) is 0 Å². The summed E-state index contributed by atoms with van der Waals surface area (Å²) in [5, 5.41) is 9.07. The Morgan fingerprint density at radius 1 is 1.59 bits per heavy atom. The molecule has 1 aromatic rings. The van der Waals surface area contributed by atoms with Crippen molar-refractivity contribution in [2.75, 3.05) is 19.7 Å². The smallest absolute Gasteiger partial charge is 0.263 e. The van der Waals surface area contributed by atoms with Gasteiger partial charge >= 0.3 is 0 Å². The number of hydrogen-bond donors (Lipinski definition) is 1. The highest BCUT2D eigenvalue weighted by molar-refractivity contribution is 9.11. The van der Waals surface area contributed by atoms with Gasteiger partial charge in [0.2, 0.25) is 0 Å². The summed E-state index contributed by atoms with van der Waals surface area (Å²) in [7, 11) is 0. The summed E-state index contributed by atoms with van der Waals surface area (Å²) in [6, 6.07) is 1.94. The predicted octanol–water partition coefficient (Wildman–Crippen LogP) is 2.66. The molecule has 0 radical (unpaired) electrons. The highest BCUT2D eigenvalue weighted by atomic mass is 79.9. The first-order valence-electron chi connectivity index (χ1n) is 5.78. The zero-order chi connectivity index (χ0) is 12.4. The van der Waals surface area contributed by atoms with Crippen molar-refractivity contribution in [3.8, 4) is 0 Å². The predicted molar refractivity (Wildman–Crippen MR) is 72.5 cm³/mol. The molecule has 2 rings (SSSR count). The Morgan fingerprint density at radius 2 is 2.24 bits per heavy atom. The summed E-state index contributed by atoms with van der Waals surface area (Å²) < 4.78 is 1.03. The van der Waals surface area contributed by atoms with E-state index in [1.807, 2.05) is 17.9 Å². The fourth-order valence-electron chi connectivity index (χ4n) is 2.04. The van der Waals surface area contributed by atoms with Crippen LogP contribution < -0.4 is 0 Å². The van der Waals surface area contributed by atoms with Crippen molar-refractivity contribution < 1.29 is 9.90 Å². The van der Waals surface area contributed by atoms with Gasteiger partial charge in [-0.2, -0.15) is 0 Å². The summed E-state index contributed by atoms with van der Waals surface area (Å²) in [5.41, 5.74) is 1.11. The number of likely N-dealkylation sites (tertiary alicyclic amines) is 1. The van der Waals surface area contributed by atoms with Crippen molar-refractivity contribution in [3.63, 3.8) is 0 Å². The average Bonchev–Trinajstić information content (AvgIpc) is 2.69. The van der Waals surface area contributed by atoms with Crippen molar-refractivity contribution >= 4 is 33.2 Å². The van der Waals surface area contributed by atoms with Crippen molar-refractivity contribution in [1.29, 1.82) is 0 Å². The molecule has 0 bridgehead atoms. The van der Waals surface area contributed by atoms with Gasteiger partial charge in [0.25, 0.3) is 5.91 Å². The van der Waals surface area contributed by atoms with Crippen LogP contribution in [0.2, 0.25) is 0 Å². The number of piperidine rings is 1. The molecule has 1 saturated heterocycles.